The third kappa shape index (κ3) is 5.45. The van der Waals surface area contributed by atoms with Crippen LogP contribution >= 0.6 is 0 Å². The maximum Gasteiger partial charge on any atom is 0.316 e. The predicted octanol–water partition coefficient (Wildman–Crippen LogP) is 2.53. The normalized spacial score (nSPS) is 10.2. The Kier molecular flexibility index (Phi) is 7.36. The van der Waals surface area contributed by atoms with E-state index in [2.05, 4.69) is 24.8 Å². The average Bonchev–Trinajstić information content (AvgIpc) is 2.14. The fourth-order valence-corrected chi connectivity index (χ4v) is 0.874. The van der Waals surface area contributed by atoms with Gasteiger partial charge in [-0.25, -0.2) is 0 Å². The lowest BCUT2D eigenvalue weighted by molar-refractivity contribution is 1.66. The van der Waals surface area contributed by atoms with Crippen LogP contribution in [0.15, 0.2) is 61.2 Å². The lowest BCUT2D eigenvalue weighted by atomic mass is 10.2. The second-order valence-corrected chi connectivity index (χ2v) is 2.39. The Labute approximate surface area is 95.8 Å². The first-order valence-electron chi connectivity index (χ1n) is 3.94. The van der Waals surface area contributed by atoms with E-state index in [9.17, 15) is 0 Å². The van der Waals surface area contributed by atoms with Crippen LogP contribution < -0.4 is 0 Å². The fraction of sp³-hybridized carbons (Fsp3) is 0. The molecule has 0 aliphatic rings. The SMILES string of the molecule is C=CC=CC=Cc1ccccc1.[MgH2]. The van der Waals surface area contributed by atoms with Gasteiger partial charge < -0.3 is 0 Å². The highest BCUT2D eigenvalue weighted by Crippen LogP contribution is 2.00. The molecule has 1 heteroatoms. The quantitative estimate of drug-likeness (QED) is 0.498. The molecule has 0 fully saturated rings. The van der Waals surface area contributed by atoms with Crippen molar-refractivity contribution < 1.29 is 0 Å². The molecule has 0 amide bonds. The average molecular weight is 183 g/mol. The van der Waals surface area contributed by atoms with Crippen LogP contribution in [-0.4, -0.2) is 23.1 Å². The molecule has 0 atom stereocenters. The van der Waals surface area contributed by atoms with Crippen molar-refractivity contribution in [1.82, 2.24) is 0 Å². The van der Waals surface area contributed by atoms with E-state index in [0.29, 0.717) is 0 Å². The summed E-state index contributed by atoms with van der Waals surface area (Å²) in [5.41, 5.74) is 1.21. The van der Waals surface area contributed by atoms with E-state index in [1.54, 1.807) is 6.08 Å². The second kappa shape index (κ2) is 7.83. The second-order valence-electron chi connectivity index (χ2n) is 2.39. The smallest absolute Gasteiger partial charge is 0.0991 e. The van der Waals surface area contributed by atoms with Crippen LogP contribution in [0.4, 0.5) is 0 Å². The van der Waals surface area contributed by atoms with Gasteiger partial charge in [0, 0.05) is 0 Å². The molecule has 0 N–H and O–H groups in total. The molecule has 0 radical (unpaired) electrons. The summed E-state index contributed by atoms with van der Waals surface area (Å²) >= 11 is 0. The summed E-state index contributed by atoms with van der Waals surface area (Å²) in [5.74, 6) is 0. The number of benzene rings is 1. The van der Waals surface area contributed by atoms with Gasteiger partial charge in [0.25, 0.3) is 0 Å². The maximum atomic E-state index is 3.58. The van der Waals surface area contributed by atoms with Gasteiger partial charge in [0.2, 0.25) is 0 Å². The Morgan fingerprint density at radius 1 is 0.923 bits per heavy atom. The highest BCUT2D eigenvalue weighted by molar-refractivity contribution is 5.75. The Hall–Kier alpha value is -0.794. The van der Waals surface area contributed by atoms with E-state index < -0.39 is 0 Å². The van der Waals surface area contributed by atoms with Crippen molar-refractivity contribution in [1.29, 1.82) is 0 Å². The van der Waals surface area contributed by atoms with Gasteiger partial charge in [0.15, 0.2) is 0 Å². The molecule has 0 saturated carbocycles. The van der Waals surface area contributed by atoms with E-state index in [1.165, 1.54) is 5.56 Å². The van der Waals surface area contributed by atoms with Gasteiger partial charge in [-0.3, -0.25) is 0 Å². The Morgan fingerprint density at radius 3 is 2.23 bits per heavy atom. The molecule has 0 spiro atoms. The van der Waals surface area contributed by atoms with Crippen LogP contribution in [0.2, 0.25) is 0 Å². The third-order valence-electron chi connectivity index (χ3n) is 1.45. The molecule has 1 aromatic rings. The van der Waals surface area contributed by atoms with Crippen molar-refractivity contribution in [3.63, 3.8) is 0 Å². The number of allylic oxidation sites excluding steroid dienone is 4. The van der Waals surface area contributed by atoms with Crippen molar-refractivity contribution >= 4 is 29.1 Å². The van der Waals surface area contributed by atoms with Gasteiger partial charge in [-0.15, -0.1) is 0 Å². The summed E-state index contributed by atoms with van der Waals surface area (Å²) < 4.78 is 0. The topological polar surface area (TPSA) is 0 Å². The first kappa shape index (κ1) is 12.2. The number of hydrogen-bond donors (Lipinski definition) is 0. The minimum atomic E-state index is 0. The van der Waals surface area contributed by atoms with Crippen LogP contribution in [0.3, 0.4) is 0 Å². The molecule has 1 aromatic carbocycles. The van der Waals surface area contributed by atoms with E-state index in [0.717, 1.165) is 0 Å². The third-order valence-corrected chi connectivity index (χ3v) is 1.45. The first-order chi connectivity index (χ1) is 5.93. The van der Waals surface area contributed by atoms with Crippen molar-refractivity contribution in [3.05, 3.63) is 66.8 Å². The molecule has 0 aromatic heterocycles. The van der Waals surface area contributed by atoms with Gasteiger partial charge in [0.05, 0.1) is 0 Å². The highest BCUT2D eigenvalue weighted by atomic mass is 24.3. The zero-order valence-electron chi connectivity index (χ0n) is 6.98. The van der Waals surface area contributed by atoms with Gasteiger partial charge in [-0.2, -0.15) is 0 Å². The lowest BCUT2D eigenvalue weighted by Crippen LogP contribution is -1.66. The summed E-state index contributed by atoms with van der Waals surface area (Å²) in [4.78, 5) is 0. The fourth-order valence-electron chi connectivity index (χ4n) is 0.874. The van der Waals surface area contributed by atoms with Crippen molar-refractivity contribution in [2.24, 2.45) is 0 Å². The van der Waals surface area contributed by atoms with Crippen LogP contribution in [0, 0.1) is 0 Å². The van der Waals surface area contributed by atoms with Crippen LogP contribution in [0.1, 0.15) is 5.56 Å². The summed E-state index contributed by atoms with van der Waals surface area (Å²) in [6, 6.07) is 10.2. The molecule has 1 rings (SSSR count). The summed E-state index contributed by atoms with van der Waals surface area (Å²) in [5, 5.41) is 0. The summed E-state index contributed by atoms with van der Waals surface area (Å²) in [7, 11) is 0. The Morgan fingerprint density at radius 2 is 1.62 bits per heavy atom. The summed E-state index contributed by atoms with van der Waals surface area (Å²) in [6.07, 6.45) is 9.67. The van der Waals surface area contributed by atoms with Gasteiger partial charge in [-0.05, 0) is 5.56 Å². The largest absolute Gasteiger partial charge is 0.316 e. The van der Waals surface area contributed by atoms with E-state index in [1.807, 2.05) is 36.4 Å². The van der Waals surface area contributed by atoms with Gasteiger partial charge in [0.1, 0.15) is 0 Å². The lowest BCUT2D eigenvalue weighted by Gasteiger charge is -1.87. The van der Waals surface area contributed by atoms with Crippen LogP contribution in [-0.2, 0) is 0 Å². The molecule has 0 aliphatic carbocycles. The molecule has 0 bridgehead atoms. The van der Waals surface area contributed by atoms with Crippen LogP contribution in [0.25, 0.3) is 6.08 Å². The molecule has 0 unspecified atom stereocenters. The van der Waals surface area contributed by atoms with E-state index in [4.69, 9.17) is 0 Å². The van der Waals surface area contributed by atoms with Crippen LogP contribution in [0.5, 0.6) is 0 Å². The molecule has 0 nitrogen and oxygen atoms in total. The summed E-state index contributed by atoms with van der Waals surface area (Å²) in [6.45, 7) is 3.58. The Balaban J connectivity index is 0.00000144. The molecule has 0 aliphatic heterocycles. The minimum Gasteiger partial charge on any atom is -0.0991 e. The van der Waals surface area contributed by atoms with Crippen molar-refractivity contribution in [2.45, 2.75) is 0 Å². The highest BCUT2D eigenvalue weighted by Gasteiger charge is 1.78. The molecular weight excluding hydrogens is 168 g/mol. The van der Waals surface area contributed by atoms with Gasteiger partial charge in [-0.1, -0.05) is 67.3 Å². The zero-order chi connectivity index (χ0) is 8.65. The van der Waals surface area contributed by atoms with E-state index >= 15 is 0 Å². The first-order valence-corrected chi connectivity index (χ1v) is 3.94. The van der Waals surface area contributed by atoms with Crippen molar-refractivity contribution in [2.75, 3.05) is 0 Å². The number of rotatable bonds is 3. The van der Waals surface area contributed by atoms with E-state index in [-0.39, 0.29) is 23.1 Å². The predicted molar refractivity (Wildman–Crippen MR) is 63.4 cm³/mol. The molecule has 0 heterocycles. The van der Waals surface area contributed by atoms with Gasteiger partial charge >= 0.3 is 23.1 Å². The molecular formula is C12H14Mg. The zero-order valence-corrected chi connectivity index (χ0v) is 6.98. The number of hydrogen-bond acceptors (Lipinski definition) is 0. The molecule has 0 saturated heterocycles. The Bertz CT molecular complexity index is 283. The standard InChI is InChI=1S/C12H12.Mg.2H/c1-2-3-4-6-9-12-10-7-5-8-11-12;;;/h2-11H,1H2;;;. The molecule has 64 valence electrons. The molecule has 13 heavy (non-hydrogen) atoms. The monoisotopic (exact) mass is 182 g/mol. The maximum absolute atomic E-state index is 3.58. The van der Waals surface area contributed by atoms with Crippen molar-refractivity contribution in [3.8, 4) is 0 Å². The minimum absolute atomic E-state index is 0.